The summed E-state index contributed by atoms with van der Waals surface area (Å²) in [5.41, 5.74) is -0.448. The van der Waals surface area contributed by atoms with Gasteiger partial charge in [0.15, 0.2) is 5.76 Å². The monoisotopic (exact) mass is 166 g/mol. The van der Waals surface area contributed by atoms with E-state index in [9.17, 15) is 10.2 Å². The third-order valence-corrected chi connectivity index (χ3v) is 4.27. The van der Waals surface area contributed by atoms with Gasteiger partial charge in [-0.05, 0) is 24.2 Å². The molecule has 2 rings (SSSR count). The third kappa shape index (κ3) is 0.551. The summed E-state index contributed by atoms with van der Waals surface area (Å²) in [5, 5.41) is 23.0. The summed E-state index contributed by atoms with van der Waals surface area (Å²) in [6.07, 6.45) is 1.81. The van der Waals surface area contributed by atoms with Crippen molar-refractivity contribution < 1.29 is 10.2 Å². The fraction of sp³-hybridized carbons (Fsp3) is 0.800. The molecule has 0 aromatic heterocycles. The molecule has 2 aliphatic rings. The van der Waals surface area contributed by atoms with Gasteiger partial charge in [-0.2, -0.15) is 0 Å². The first-order chi connectivity index (χ1) is 5.41. The highest BCUT2D eigenvalue weighted by atomic mass is 16.3. The van der Waals surface area contributed by atoms with Crippen LogP contribution in [-0.4, -0.2) is 0 Å². The summed E-state index contributed by atoms with van der Waals surface area (Å²) in [7, 11) is 0. The van der Waals surface area contributed by atoms with E-state index < -0.39 is 0 Å². The van der Waals surface area contributed by atoms with Gasteiger partial charge in [0.1, 0.15) is 0 Å². The van der Waals surface area contributed by atoms with E-state index in [1.54, 1.807) is 0 Å². The Morgan fingerprint density at radius 1 is 1.42 bits per heavy atom. The first-order valence-corrected chi connectivity index (χ1v) is 4.50. The van der Waals surface area contributed by atoms with Crippen LogP contribution < -0.4 is 5.11 Å². The number of fused-ring (bicyclic) bond motifs is 2. The van der Waals surface area contributed by atoms with E-state index >= 15 is 0 Å². The molecule has 12 heavy (non-hydrogen) atoms. The zero-order valence-corrected chi connectivity index (χ0v) is 7.81. The first-order valence-electron chi connectivity index (χ1n) is 4.50. The van der Waals surface area contributed by atoms with Gasteiger partial charge >= 0.3 is 0 Å². The zero-order chi connectivity index (χ0) is 9.15. The zero-order valence-electron chi connectivity index (χ0n) is 7.81. The average Bonchev–Trinajstić information content (AvgIpc) is 2.26. The number of hydrogen-bond acceptors (Lipinski definition) is 1. The second-order valence-electron chi connectivity index (χ2n) is 4.84. The van der Waals surface area contributed by atoms with E-state index in [0.717, 1.165) is 12.8 Å². The number of allylic oxidation sites excluding steroid dienone is 2. The predicted molar refractivity (Wildman–Crippen MR) is 42.3 cm³/mol. The van der Waals surface area contributed by atoms with Crippen LogP contribution in [0.2, 0.25) is 0 Å². The van der Waals surface area contributed by atoms with Gasteiger partial charge in [0, 0.05) is 5.41 Å². The van der Waals surface area contributed by atoms with Gasteiger partial charge in [-0.15, -0.1) is 0 Å². The molecule has 0 unspecified atom stereocenters. The van der Waals surface area contributed by atoms with Crippen LogP contribution in [0.25, 0.3) is 0 Å². The molecule has 2 heteroatoms. The Kier molecular flexibility index (Phi) is 1.20. The Morgan fingerprint density at radius 3 is 2.25 bits per heavy atom. The van der Waals surface area contributed by atoms with E-state index in [0.29, 0.717) is 0 Å². The van der Waals surface area contributed by atoms with Crippen molar-refractivity contribution in [2.75, 3.05) is 0 Å². The number of hydrogen-bond donors (Lipinski definition) is 0. The van der Waals surface area contributed by atoms with Gasteiger partial charge < -0.3 is 5.11 Å². The Bertz CT molecular complexity index is 265. The Hall–Kier alpha value is -0.660. The van der Waals surface area contributed by atoms with Crippen molar-refractivity contribution in [3.63, 3.8) is 0 Å². The Labute approximate surface area is 72.9 Å². The smallest absolute Gasteiger partial charge is 0.150 e. The second-order valence-corrected chi connectivity index (χ2v) is 4.84. The lowest BCUT2D eigenvalue weighted by Gasteiger charge is -2.34. The molecule has 1 radical (unpaired) electrons. The molecule has 0 amide bonds. The first kappa shape index (κ1) is 7.96. The van der Waals surface area contributed by atoms with Crippen LogP contribution >= 0.6 is 0 Å². The van der Waals surface area contributed by atoms with Crippen molar-refractivity contribution in [3.05, 3.63) is 11.5 Å². The quantitative estimate of drug-likeness (QED) is 0.537. The molecule has 67 valence electrons. The summed E-state index contributed by atoms with van der Waals surface area (Å²) >= 11 is 0. The van der Waals surface area contributed by atoms with Crippen LogP contribution in [0.3, 0.4) is 0 Å². The van der Waals surface area contributed by atoms with Crippen LogP contribution in [0.15, 0.2) is 11.5 Å². The Balaban J connectivity index is 2.56. The fourth-order valence-electron chi connectivity index (χ4n) is 2.80. The van der Waals surface area contributed by atoms with Crippen molar-refractivity contribution in [3.8, 4) is 0 Å². The summed E-state index contributed by atoms with van der Waals surface area (Å²) < 4.78 is 0. The molecule has 0 aromatic carbocycles. The van der Waals surface area contributed by atoms with Crippen LogP contribution in [0.1, 0.15) is 33.6 Å². The van der Waals surface area contributed by atoms with Gasteiger partial charge in [0.05, 0.1) is 0 Å². The average molecular weight is 166 g/mol. The van der Waals surface area contributed by atoms with Gasteiger partial charge in [0.25, 0.3) is 0 Å². The minimum Gasteiger partial charge on any atom is -0.873 e. The molecule has 2 nitrogen and oxygen atoms in total. The summed E-state index contributed by atoms with van der Waals surface area (Å²) in [5.74, 6) is -0.229. The van der Waals surface area contributed by atoms with Crippen LogP contribution in [0.5, 0.6) is 0 Å². The van der Waals surface area contributed by atoms with E-state index in [1.807, 2.05) is 20.8 Å². The van der Waals surface area contributed by atoms with Crippen molar-refractivity contribution in [2.24, 2.45) is 16.7 Å². The highest BCUT2D eigenvalue weighted by molar-refractivity contribution is 5.29. The molecule has 0 saturated heterocycles. The van der Waals surface area contributed by atoms with Crippen molar-refractivity contribution in [1.82, 2.24) is 0 Å². The molecule has 0 heterocycles. The van der Waals surface area contributed by atoms with Gasteiger partial charge in [-0.3, -0.25) is 5.11 Å². The molecule has 2 bridgehead atoms. The van der Waals surface area contributed by atoms with E-state index in [1.165, 1.54) is 0 Å². The second kappa shape index (κ2) is 1.81. The molecule has 2 atom stereocenters. The van der Waals surface area contributed by atoms with E-state index in [-0.39, 0.29) is 28.3 Å². The Morgan fingerprint density at radius 2 is 2.00 bits per heavy atom. The fourth-order valence-corrected chi connectivity index (χ4v) is 2.80. The maximum absolute atomic E-state index is 11.6. The minimum atomic E-state index is -0.352. The van der Waals surface area contributed by atoms with E-state index in [2.05, 4.69) is 0 Å². The lowest BCUT2D eigenvalue weighted by molar-refractivity contribution is -0.321. The molecule has 0 aromatic rings. The van der Waals surface area contributed by atoms with Gasteiger partial charge in [-0.1, -0.05) is 26.5 Å². The molecule has 0 N–H and O–H groups in total. The topological polar surface area (TPSA) is 43.0 Å². The lowest BCUT2D eigenvalue weighted by atomic mass is 9.70. The summed E-state index contributed by atoms with van der Waals surface area (Å²) in [6.45, 7) is 6.04. The van der Waals surface area contributed by atoms with Crippen LogP contribution in [-0.2, 0) is 5.11 Å². The molecule has 2 aliphatic carbocycles. The molecule has 1 saturated carbocycles. The lowest BCUT2D eigenvalue weighted by Crippen LogP contribution is -2.29. The SMILES string of the molecule is CC1(C)[C@@H]2CC[C@@]1(C)C([O])=C2[O-]. The molecule has 1 fully saturated rings. The minimum absolute atomic E-state index is 0.00926. The predicted octanol–water partition coefficient (Wildman–Crippen LogP) is 1.44. The molecule has 0 aliphatic heterocycles. The van der Waals surface area contributed by atoms with Crippen molar-refractivity contribution in [2.45, 2.75) is 33.6 Å². The highest BCUT2D eigenvalue weighted by Gasteiger charge is 2.59. The maximum Gasteiger partial charge on any atom is 0.150 e. The molecular weight excluding hydrogens is 152 g/mol. The summed E-state index contributed by atoms with van der Waals surface area (Å²) in [4.78, 5) is 0. The van der Waals surface area contributed by atoms with Crippen molar-refractivity contribution in [1.29, 1.82) is 0 Å². The third-order valence-electron chi connectivity index (χ3n) is 4.27. The summed E-state index contributed by atoms with van der Waals surface area (Å²) in [6, 6.07) is 0. The van der Waals surface area contributed by atoms with E-state index in [4.69, 9.17) is 0 Å². The molecular formula is C10H14O2-. The van der Waals surface area contributed by atoms with Gasteiger partial charge in [-0.25, -0.2) is 0 Å². The van der Waals surface area contributed by atoms with Gasteiger partial charge in [0.2, 0.25) is 0 Å². The van der Waals surface area contributed by atoms with Crippen LogP contribution in [0.4, 0.5) is 0 Å². The normalized spacial score (nSPS) is 44.1. The van der Waals surface area contributed by atoms with Crippen LogP contribution in [0, 0.1) is 16.7 Å². The largest absolute Gasteiger partial charge is 0.873 e. The van der Waals surface area contributed by atoms with Crippen molar-refractivity contribution >= 4 is 0 Å². The highest BCUT2D eigenvalue weighted by Crippen LogP contribution is 2.65. The maximum atomic E-state index is 11.6. The molecule has 0 spiro atoms. The number of rotatable bonds is 0. The standard InChI is InChI=1S/C10H15O2/c1-9(2)6-4-5-10(9,3)8(12)7(6)11/h6,11H,4-5H2,1-3H3/p-1/t6-,10+/m1/s1.